The zero-order valence-electron chi connectivity index (χ0n) is 7.59. The third-order valence-corrected chi connectivity index (χ3v) is 4.87. The minimum atomic E-state index is -4.48. The molecule has 7 heteroatoms. The fraction of sp³-hybridized carbons (Fsp3) is 1.00. The first-order valence-electron chi connectivity index (χ1n) is 3.48. The van der Waals surface area contributed by atoms with Crippen LogP contribution in [0.1, 0.15) is 13.8 Å². The fourth-order valence-electron chi connectivity index (χ4n) is 0.548. The predicted octanol–water partition coefficient (Wildman–Crippen LogP) is 1.64. The van der Waals surface area contributed by atoms with Crippen molar-refractivity contribution < 1.29 is 17.2 Å². The second-order valence-electron chi connectivity index (χ2n) is 3.22. The SMILES string of the molecule is CN(C(C)(C)CBr)S(=O)(=O)C(F)F. The molecule has 0 aliphatic heterocycles. The molecular weight excluding hydrogens is 268 g/mol. The Labute approximate surface area is 85.3 Å². The van der Waals surface area contributed by atoms with Crippen molar-refractivity contribution in [3.63, 3.8) is 0 Å². The van der Waals surface area contributed by atoms with Crippen molar-refractivity contribution in [2.24, 2.45) is 0 Å². The van der Waals surface area contributed by atoms with Crippen LogP contribution in [0, 0.1) is 0 Å². The molecule has 0 aromatic heterocycles. The van der Waals surface area contributed by atoms with Crippen molar-refractivity contribution in [1.29, 1.82) is 0 Å². The highest BCUT2D eigenvalue weighted by Crippen LogP contribution is 2.22. The molecular formula is C6H12BrF2NO2S. The van der Waals surface area contributed by atoms with Crippen molar-refractivity contribution >= 4 is 26.0 Å². The molecule has 0 fully saturated rings. The fourth-order valence-corrected chi connectivity index (χ4v) is 2.08. The van der Waals surface area contributed by atoms with Crippen LogP contribution in [0.3, 0.4) is 0 Å². The van der Waals surface area contributed by atoms with Gasteiger partial charge in [0.2, 0.25) is 0 Å². The number of alkyl halides is 3. The summed E-state index contributed by atoms with van der Waals surface area (Å²) in [5.41, 5.74) is -0.852. The zero-order valence-corrected chi connectivity index (χ0v) is 9.99. The van der Waals surface area contributed by atoms with E-state index in [1.165, 1.54) is 0 Å². The van der Waals surface area contributed by atoms with Gasteiger partial charge in [-0.15, -0.1) is 0 Å². The normalized spacial score (nSPS) is 14.2. The smallest absolute Gasteiger partial charge is 0.206 e. The molecule has 0 aromatic carbocycles. The van der Waals surface area contributed by atoms with Crippen LogP contribution >= 0.6 is 15.9 Å². The van der Waals surface area contributed by atoms with Crippen LogP contribution in [0.15, 0.2) is 0 Å². The summed E-state index contributed by atoms with van der Waals surface area (Å²) in [6, 6.07) is 0. The van der Waals surface area contributed by atoms with E-state index in [1.807, 2.05) is 0 Å². The summed E-state index contributed by atoms with van der Waals surface area (Å²) in [4.78, 5) is 0. The van der Waals surface area contributed by atoms with Gasteiger partial charge in [-0.25, -0.2) is 8.42 Å². The third kappa shape index (κ3) is 2.85. The van der Waals surface area contributed by atoms with Gasteiger partial charge < -0.3 is 0 Å². The van der Waals surface area contributed by atoms with Crippen LogP contribution in [0.5, 0.6) is 0 Å². The molecule has 0 aromatic rings. The molecule has 0 saturated carbocycles. The Kier molecular flexibility index (Phi) is 4.26. The summed E-state index contributed by atoms with van der Waals surface area (Å²) in [6.45, 7) is 3.11. The lowest BCUT2D eigenvalue weighted by Crippen LogP contribution is -2.48. The first-order chi connectivity index (χ1) is 5.66. The summed E-state index contributed by atoms with van der Waals surface area (Å²) >= 11 is 3.06. The number of sulfonamides is 1. The highest BCUT2D eigenvalue weighted by molar-refractivity contribution is 9.09. The average Bonchev–Trinajstić information content (AvgIpc) is 2.02. The average molecular weight is 280 g/mol. The second-order valence-corrected chi connectivity index (χ2v) is 5.71. The van der Waals surface area contributed by atoms with Crippen molar-refractivity contribution in [3.05, 3.63) is 0 Å². The Morgan fingerprint density at radius 1 is 1.46 bits per heavy atom. The third-order valence-electron chi connectivity index (χ3n) is 1.79. The standard InChI is InChI=1S/C6H12BrF2NO2S/c1-6(2,4-7)10(3)13(11,12)5(8)9/h5H,4H2,1-3H3. The maximum atomic E-state index is 12.1. The first-order valence-corrected chi connectivity index (χ1v) is 6.10. The van der Waals surface area contributed by atoms with E-state index < -0.39 is 21.3 Å². The van der Waals surface area contributed by atoms with Crippen molar-refractivity contribution in [2.45, 2.75) is 25.1 Å². The van der Waals surface area contributed by atoms with Gasteiger partial charge in [-0.05, 0) is 13.8 Å². The number of nitrogens with zero attached hydrogens (tertiary/aromatic N) is 1. The minimum Gasteiger partial charge on any atom is -0.206 e. The summed E-state index contributed by atoms with van der Waals surface area (Å²) in [5.74, 6) is -3.36. The second kappa shape index (κ2) is 4.18. The molecule has 0 heterocycles. The van der Waals surface area contributed by atoms with E-state index in [1.54, 1.807) is 13.8 Å². The van der Waals surface area contributed by atoms with E-state index in [4.69, 9.17) is 0 Å². The number of hydrogen-bond acceptors (Lipinski definition) is 2. The summed E-state index contributed by atoms with van der Waals surface area (Å²) < 4.78 is 46.8. The molecule has 0 N–H and O–H groups in total. The Balaban J connectivity index is 4.91. The quantitative estimate of drug-likeness (QED) is 0.734. The van der Waals surface area contributed by atoms with Gasteiger partial charge in [0.15, 0.2) is 0 Å². The highest BCUT2D eigenvalue weighted by atomic mass is 79.9. The molecule has 80 valence electrons. The molecule has 3 nitrogen and oxygen atoms in total. The molecule has 0 saturated heterocycles. The van der Waals surface area contributed by atoms with Crippen molar-refractivity contribution in [1.82, 2.24) is 4.31 Å². The van der Waals surface area contributed by atoms with E-state index in [9.17, 15) is 17.2 Å². The van der Waals surface area contributed by atoms with Gasteiger partial charge >= 0.3 is 5.76 Å². The van der Waals surface area contributed by atoms with E-state index in [0.29, 0.717) is 9.64 Å². The van der Waals surface area contributed by atoms with Crippen LogP contribution in [-0.4, -0.2) is 36.4 Å². The molecule has 0 amide bonds. The first kappa shape index (κ1) is 13.2. The largest absolute Gasteiger partial charge is 0.350 e. The molecule has 0 aliphatic carbocycles. The van der Waals surface area contributed by atoms with E-state index in [0.717, 1.165) is 7.05 Å². The van der Waals surface area contributed by atoms with Crippen LogP contribution in [-0.2, 0) is 10.0 Å². The Bertz CT molecular complexity index is 266. The van der Waals surface area contributed by atoms with Gasteiger partial charge in [0.1, 0.15) is 0 Å². The topological polar surface area (TPSA) is 37.4 Å². The predicted molar refractivity (Wildman–Crippen MR) is 50.6 cm³/mol. The molecule has 0 bridgehead atoms. The lowest BCUT2D eigenvalue weighted by Gasteiger charge is -2.32. The van der Waals surface area contributed by atoms with E-state index in [-0.39, 0.29) is 0 Å². The van der Waals surface area contributed by atoms with E-state index in [2.05, 4.69) is 15.9 Å². The van der Waals surface area contributed by atoms with Gasteiger partial charge in [-0.1, -0.05) is 15.9 Å². The van der Waals surface area contributed by atoms with Crippen LogP contribution in [0.4, 0.5) is 8.78 Å². The summed E-state index contributed by atoms with van der Waals surface area (Å²) in [7, 11) is -3.34. The molecule has 0 aliphatic rings. The zero-order chi connectivity index (χ0) is 10.9. The molecule has 0 radical (unpaired) electrons. The Morgan fingerprint density at radius 2 is 1.85 bits per heavy atom. The maximum Gasteiger partial charge on any atom is 0.350 e. The van der Waals surface area contributed by atoms with Crippen LogP contribution in [0.25, 0.3) is 0 Å². The number of rotatable bonds is 4. The maximum absolute atomic E-state index is 12.1. The van der Waals surface area contributed by atoms with Gasteiger partial charge in [0.25, 0.3) is 10.0 Å². The van der Waals surface area contributed by atoms with Gasteiger partial charge in [-0.3, -0.25) is 0 Å². The molecule has 13 heavy (non-hydrogen) atoms. The number of halogens is 3. The van der Waals surface area contributed by atoms with Gasteiger partial charge in [-0.2, -0.15) is 13.1 Å². The molecule has 0 unspecified atom stereocenters. The molecule has 0 atom stereocenters. The van der Waals surface area contributed by atoms with Crippen LogP contribution in [0.2, 0.25) is 0 Å². The van der Waals surface area contributed by atoms with E-state index >= 15 is 0 Å². The minimum absolute atomic E-state index is 0.294. The molecule has 0 rings (SSSR count). The van der Waals surface area contributed by atoms with Crippen LogP contribution < -0.4 is 0 Å². The summed E-state index contributed by atoms with van der Waals surface area (Å²) in [6.07, 6.45) is 0. The lowest BCUT2D eigenvalue weighted by molar-refractivity contribution is 0.204. The number of hydrogen-bond donors (Lipinski definition) is 0. The lowest BCUT2D eigenvalue weighted by atomic mass is 10.1. The monoisotopic (exact) mass is 279 g/mol. The highest BCUT2D eigenvalue weighted by Gasteiger charge is 2.37. The Hall–Kier alpha value is 0.250. The van der Waals surface area contributed by atoms with Gasteiger partial charge in [0.05, 0.1) is 0 Å². The van der Waals surface area contributed by atoms with Crippen molar-refractivity contribution in [2.75, 3.05) is 12.4 Å². The molecule has 0 spiro atoms. The summed E-state index contributed by atoms with van der Waals surface area (Å²) in [5, 5.41) is 0.294. The Morgan fingerprint density at radius 3 is 2.08 bits per heavy atom. The van der Waals surface area contributed by atoms with Gasteiger partial charge in [0, 0.05) is 17.9 Å². The van der Waals surface area contributed by atoms with Crippen molar-refractivity contribution in [3.8, 4) is 0 Å².